The molecule has 2 atom stereocenters. The van der Waals surface area contributed by atoms with Crippen LogP contribution in [0.25, 0.3) is 10.4 Å². The highest BCUT2D eigenvalue weighted by molar-refractivity contribution is 5.02. The summed E-state index contributed by atoms with van der Waals surface area (Å²) in [6.45, 7) is 1.61. The maximum Gasteiger partial charge on any atom is 0.0944 e. The van der Waals surface area contributed by atoms with Crippen molar-refractivity contribution in [2.24, 2.45) is 11.0 Å². The quantitative estimate of drug-likeness (QED) is 0.216. The molecule has 1 saturated heterocycles. The molecule has 1 saturated carbocycles. The van der Waals surface area contributed by atoms with E-state index in [-0.39, 0.29) is 5.60 Å². The average molecular weight is 181 g/mol. The van der Waals surface area contributed by atoms with Crippen molar-refractivity contribution in [1.29, 1.82) is 0 Å². The van der Waals surface area contributed by atoms with Crippen molar-refractivity contribution in [3.8, 4) is 0 Å². The maximum absolute atomic E-state index is 8.11. The Morgan fingerprint density at radius 2 is 2.46 bits per heavy atom. The van der Waals surface area contributed by atoms with Crippen molar-refractivity contribution in [2.45, 2.75) is 37.7 Å². The Labute approximate surface area is 77.9 Å². The molecule has 13 heavy (non-hydrogen) atoms. The van der Waals surface area contributed by atoms with Crippen LogP contribution in [0.4, 0.5) is 0 Å². The summed E-state index contributed by atoms with van der Waals surface area (Å²) in [7, 11) is 0. The van der Waals surface area contributed by atoms with E-state index in [4.69, 9.17) is 10.3 Å². The van der Waals surface area contributed by atoms with E-state index in [1.165, 1.54) is 25.7 Å². The van der Waals surface area contributed by atoms with Crippen LogP contribution in [0.5, 0.6) is 0 Å². The number of nitrogens with zero attached hydrogens (tertiary/aromatic N) is 3. The van der Waals surface area contributed by atoms with Gasteiger partial charge in [0.15, 0.2) is 0 Å². The lowest BCUT2D eigenvalue weighted by atomic mass is 9.92. The maximum atomic E-state index is 8.11. The second kappa shape index (κ2) is 3.56. The van der Waals surface area contributed by atoms with Crippen molar-refractivity contribution in [3.63, 3.8) is 0 Å². The molecular formula is C9H15N3O. The predicted molar refractivity (Wildman–Crippen MR) is 49.3 cm³/mol. The van der Waals surface area contributed by atoms with Gasteiger partial charge in [0.2, 0.25) is 0 Å². The minimum atomic E-state index is 0.274. The summed E-state index contributed by atoms with van der Waals surface area (Å²) in [5.74, 6) is 0.737. The first kappa shape index (κ1) is 8.85. The molecule has 4 nitrogen and oxygen atoms in total. The van der Waals surface area contributed by atoms with Crippen LogP contribution in [-0.4, -0.2) is 18.8 Å². The number of rotatable bonds is 4. The van der Waals surface area contributed by atoms with Crippen LogP contribution < -0.4 is 0 Å². The summed E-state index contributed by atoms with van der Waals surface area (Å²) in [6.07, 6.45) is 6.04. The zero-order chi connectivity index (χ0) is 9.15. The molecule has 1 aliphatic carbocycles. The fourth-order valence-corrected chi connectivity index (χ4v) is 2.45. The van der Waals surface area contributed by atoms with Gasteiger partial charge in [-0.05, 0) is 37.1 Å². The van der Waals surface area contributed by atoms with Gasteiger partial charge in [0.05, 0.1) is 12.2 Å². The zero-order valence-electron chi connectivity index (χ0n) is 7.78. The molecule has 1 heterocycles. The molecule has 2 rings (SSSR count). The Hall–Kier alpha value is -0.730. The lowest BCUT2D eigenvalue weighted by Gasteiger charge is -2.13. The summed E-state index contributed by atoms with van der Waals surface area (Å²) in [5.41, 5.74) is 8.38. The fraction of sp³-hybridized carbons (Fsp3) is 1.00. The zero-order valence-corrected chi connectivity index (χ0v) is 7.78. The van der Waals surface area contributed by atoms with Gasteiger partial charge in [-0.3, -0.25) is 0 Å². The van der Waals surface area contributed by atoms with Gasteiger partial charge in [-0.1, -0.05) is 11.5 Å². The number of azide groups is 1. The summed E-state index contributed by atoms with van der Waals surface area (Å²) in [5, 5.41) is 3.54. The van der Waals surface area contributed by atoms with Gasteiger partial charge >= 0.3 is 0 Å². The van der Waals surface area contributed by atoms with E-state index < -0.39 is 0 Å². The Morgan fingerprint density at radius 1 is 1.62 bits per heavy atom. The third-order valence-electron chi connectivity index (χ3n) is 3.29. The monoisotopic (exact) mass is 181 g/mol. The lowest BCUT2D eigenvalue weighted by Crippen LogP contribution is -2.17. The van der Waals surface area contributed by atoms with Gasteiger partial charge in [-0.25, -0.2) is 0 Å². The molecule has 4 heteroatoms. The normalized spacial score (nSPS) is 36.2. The Kier molecular flexibility index (Phi) is 2.42. The molecule has 72 valence electrons. The SMILES string of the molecule is [N-]=[N+]=NCCC[C@@H]1CCC[C@]12CO2. The summed E-state index contributed by atoms with van der Waals surface area (Å²) >= 11 is 0. The highest BCUT2D eigenvalue weighted by Crippen LogP contribution is 2.49. The van der Waals surface area contributed by atoms with E-state index in [0.29, 0.717) is 6.54 Å². The second-order valence-electron chi connectivity index (χ2n) is 4.04. The van der Waals surface area contributed by atoms with Crippen molar-refractivity contribution in [2.75, 3.05) is 13.2 Å². The van der Waals surface area contributed by atoms with Gasteiger partial charge in [0.25, 0.3) is 0 Å². The van der Waals surface area contributed by atoms with Crippen LogP contribution in [-0.2, 0) is 4.74 Å². The van der Waals surface area contributed by atoms with Crippen LogP contribution in [0, 0.1) is 5.92 Å². The van der Waals surface area contributed by atoms with Crippen molar-refractivity contribution >= 4 is 0 Å². The highest BCUT2D eigenvalue weighted by Gasteiger charge is 2.53. The highest BCUT2D eigenvalue weighted by atomic mass is 16.6. The molecule has 0 bridgehead atoms. The van der Waals surface area contributed by atoms with Crippen LogP contribution in [0.1, 0.15) is 32.1 Å². The van der Waals surface area contributed by atoms with Crippen molar-refractivity contribution < 1.29 is 4.74 Å². The van der Waals surface area contributed by atoms with E-state index in [1.54, 1.807) is 0 Å². The van der Waals surface area contributed by atoms with Gasteiger partial charge in [-0.2, -0.15) is 0 Å². The third kappa shape index (κ3) is 1.79. The second-order valence-corrected chi connectivity index (χ2v) is 4.04. The molecular weight excluding hydrogens is 166 g/mol. The van der Waals surface area contributed by atoms with Gasteiger partial charge < -0.3 is 4.74 Å². The number of hydrogen-bond acceptors (Lipinski definition) is 2. The van der Waals surface area contributed by atoms with Crippen LogP contribution >= 0.6 is 0 Å². The molecule has 0 aromatic carbocycles. The predicted octanol–water partition coefficient (Wildman–Crippen LogP) is 2.65. The third-order valence-corrected chi connectivity index (χ3v) is 3.29. The molecule has 0 radical (unpaired) electrons. The summed E-state index contributed by atoms with van der Waals surface area (Å²) in [6, 6.07) is 0. The molecule has 2 aliphatic rings. The van der Waals surface area contributed by atoms with E-state index in [0.717, 1.165) is 18.9 Å². The molecule has 1 aliphatic heterocycles. The summed E-state index contributed by atoms with van der Waals surface area (Å²) < 4.78 is 5.52. The number of hydrogen-bond donors (Lipinski definition) is 0. The van der Waals surface area contributed by atoms with E-state index in [9.17, 15) is 0 Å². The van der Waals surface area contributed by atoms with Gasteiger partial charge in [-0.15, -0.1) is 0 Å². The average Bonchev–Trinajstić information content (AvgIpc) is 2.78. The minimum absolute atomic E-state index is 0.274. The van der Waals surface area contributed by atoms with Crippen LogP contribution in [0.15, 0.2) is 5.11 Å². The van der Waals surface area contributed by atoms with Crippen molar-refractivity contribution in [3.05, 3.63) is 10.4 Å². The summed E-state index contributed by atoms with van der Waals surface area (Å²) in [4.78, 5) is 2.75. The topological polar surface area (TPSA) is 61.3 Å². The van der Waals surface area contributed by atoms with Crippen molar-refractivity contribution in [1.82, 2.24) is 0 Å². The Bertz CT molecular complexity index is 231. The molecule has 0 amide bonds. The molecule has 0 N–H and O–H groups in total. The molecule has 2 fully saturated rings. The van der Waals surface area contributed by atoms with E-state index in [2.05, 4.69) is 10.0 Å². The smallest absolute Gasteiger partial charge is 0.0944 e. The molecule has 0 aromatic heterocycles. The molecule has 0 aromatic rings. The minimum Gasteiger partial charge on any atom is -0.369 e. The fourth-order valence-electron chi connectivity index (χ4n) is 2.45. The first-order valence-electron chi connectivity index (χ1n) is 5.02. The molecule has 1 spiro atoms. The van der Waals surface area contributed by atoms with E-state index >= 15 is 0 Å². The van der Waals surface area contributed by atoms with Gasteiger partial charge in [0.1, 0.15) is 0 Å². The van der Waals surface area contributed by atoms with Gasteiger partial charge in [0, 0.05) is 11.5 Å². The van der Waals surface area contributed by atoms with E-state index in [1.807, 2.05) is 0 Å². The number of ether oxygens (including phenoxy) is 1. The van der Waals surface area contributed by atoms with Crippen LogP contribution in [0.3, 0.4) is 0 Å². The standard InChI is InChI=1S/C9H15N3O/c10-12-11-6-2-4-8-3-1-5-9(8)7-13-9/h8H,1-7H2/t8-,9-/m0/s1. The number of epoxide rings is 1. The Balaban J connectivity index is 1.72. The Morgan fingerprint density at radius 3 is 3.15 bits per heavy atom. The molecule has 0 unspecified atom stereocenters. The first-order valence-corrected chi connectivity index (χ1v) is 5.02. The largest absolute Gasteiger partial charge is 0.369 e. The van der Waals surface area contributed by atoms with Crippen LogP contribution in [0.2, 0.25) is 0 Å². The lowest BCUT2D eigenvalue weighted by molar-refractivity contribution is 0.235. The first-order chi connectivity index (χ1) is 6.37.